The lowest BCUT2D eigenvalue weighted by atomic mass is 9.76. The Kier molecular flexibility index (Phi) is 5.44. The van der Waals surface area contributed by atoms with Crippen LogP contribution in [0.1, 0.15) is 40.9 Å². The van der Waals surface area contributed by atoms with E-state index in [1.807, 2.05) is 6.33 Å². The van der Waals surface area contributed by atoms with Gasteiger partial charge in [0.1, 0.15) is 5.54 Å². The highest BCUT2D eigenvalue weighted by atomic mass is 16.3. The van der Waals surface area contributed by atoms with Gasteiger partial charge in [-0.1, -0.05) is 91.0 Å². The summed E-state index contributed by atoms with van der Waals surface area (Å²) in [5.41, 5.74) is 5.64. The normalized spacial score (nSPS) is 16.1. The second-order valence-corrected chi connectivity index (χ2v) is 8.44. The number of hydrogen-bond donors (Lipinski definition) is 1. The highest BCUT2D eigenvalue weighted by Gasteiger charge is 2.41. The third-order valence-electron chi connectivity index (χ3n) is 6.70. The second kappa shape index (κ2) is 8.52. The standard InChI is InChI=1S/C28H28N2O/c31-19-18-22-16-17-26-27(20-22)30(21-29-26)28(23-10-4-1-5-11-23,24-12-6-2-7-13-24)25-14-8-3-9-15-25/h1-15,21-22,31H,16-20H2. The summed E-state index contributed by atoms with van der Waals surface area (Å²) in [7, 11) is 0. The van der Waals surface area contributed by atoms with E-state index in [-0.39, 0.29) is 6.61 Å². The van der Waals surface area contributed by atoms with Crippen molar-refractivity contribution in [3.63, 3.8) is 0 Å². The third kappa shape index (κ3) is 3.39. The number of nitrogens with zero attached hydrogens (tertiary/aromatic N) is 2. The topological polar surface area (TPSA) is 38.1 Å². The second-order valence-electron chi connectivity index (χ2n) is 8.44. The van der Waals surface area contributed by atoms with Gasteiger partial charge in [-0.25, -0.2) is 4.98 Å². The number of hydrogen-bond acceptors (Lipinski definition) is 2. The summed E-state index contributed by atoms with van der Waals surface area (Å²) in [4.78, 5) is 4.89. The van der Waals surface area contributed by atoms with Gasteiger partial charge in [-0.05, 0) is 48.3 Å². The van der Waals surface area contributed by atoms with E-state index in [4.69, 9.17) is 4.98 Å². The molecule has 3 heteroatoms. The minimum Gasteiger partial charge on any atom is -0.396 e. The largest absolute Gasteiger partial charge is 0.396 e. The van der Waals surface area contributed by atoms with Crippen molar-refractivity contribution >= 4 is 0 Å². The maximum atomic E-state index is 9.56. The van der Waals surface area contributed by atoms with Crippen molar-refractivity contribution in [2.75, 3.05) is 6.61 Å². The number of aliphatic hydroxyl groups excluding tert-OH is 1. The van der Waals surface area contributed by atoms with Gasteiger partial charge in [0.25, 0.3) is 0 Å². The highest BCUT2D eigenvalue weighted by molar-refractivity contribution is 5.51. The van der Waals surface area contributed by atoms with Crippen LogP contribution in [0.3, 0.4) is 0 Å². The molecule has 3 aromatic carbocycles. The maximum absolute atomic E-state index is 9.56. The molecular formula is C28H28N2O. The van der Waals surface area contributed by atoms with Crippen LogP contribution in [0.25, 0.3) is 0 Å². The average molecular weight is 409 g/mol. The van der Waals surface area contributed by atoms with Crippen LogP contribution in [0, 0.1) is 5.92 Å². The van der Waals surface area contributed by atoms with E-state index in [1.54, 1.807) is 0 Å². The van der Waals surface area contributed by atoms with Gasteiger partial charge in [0.15, 0.2) is 0 Å². The molecule has 1 atom stereocenters. The van der Waals surface area contributed by atoms with Gasteiger partial charge in [-0.3, -0.25) is 0 Å². The van der Waals surface area contributed by atoms with E-state index in [0.29, 0.717) is 5.92 Å². The SMILES string of the molecule is OCCC1CCc2ncn(C(c3ccccc3)(c3ccccc3)c3ccccc3)c2C1. The monoisotopic (exact) mass is 408 g/mol. The lowest BCUT2D eigenvalue weighted by Gasteiger charge is -2.39. The first-order valence-electron chi connectivity index (χ1n) is 11.2. The molecule has 4 aromatic rings. The van der Waals surface area contributed by atoms with Crippen LogP contribution in [0.15, 0.2) is 97.3 Å². The zero-order valence-electron chi connectivity index (χ0n) is 17.7. The summed E-state index contributed by atoms with van der Waals surface area (Å²) in [6, 6.07) is 32.3. The van der Waals surface area contributed by atoms with Crippen LogP contribution in [0.4, 0.5) is 0 Å². The fraction of sp³-hybridized carbons (Fsp3) is 0.250. The van der Waals surface area contributed by atoms with E-state index in [1.165, 1.54) is 28.1 Å². The number of aromatic nitrogens is 2. The lowest BCUT2D eigenvalue weighted by molar-refractivity contribution is 0.245. The van der Waals surface area contributed by atoms with Crippen LogP contribution in [0.5, 0.6) is 0 Å². The first kappa shape index (κ1) is 19.8. The fourth-order valence-electron chi connectivity index (χ4n) is 5.23. The molecule has 0 fully saturated rings. The van der Waals surface area contributed by atoms with Gasteiger partial charge in [-0.2, -0.15) is 0 Å². The van der Waals surface area contributed by atoms with Crippen LogP contribution in [0.2, 0.25) is 0 Å². The first-order chi connectivity index (χ1) is 15.3. The van der Waals surface area contributed by atoms with Crippen LogP contribution < -0.4 is 0 Å². The van der Waals surface area contributed by atoms with Gasteiger partial charge in [0, 0.05) is 12.3 Å². The Hall–Kier alpha value is -3.17. The number of rotatable bonds is 6. The quantitative estimate of drug-likeness (QED) is 0.445. The third-order valence-corrected chi connectivity index (χ3v) is 6.70. The van der Waals surface area contributed by atoms with Crippen molar-refractivity contribution in [3.8, 4) is 0 Å². The van der Waals surface area contributed by atoms with Crippen molar-refractivity contribution in [3.05, 3.63) is 125 Å². The summed E-state index contributed by atoms with van der Waals surface area (Å²) in [5.74, 6) is 0.493. The zero-order valence-corrected chi connectivity index (χ0v) is 17.7. The Balaban J connectivity index is 1.82. The Morgan fingerprint density at radius 1 is 0.806 bits per heavy atom. The molecule has 1 heterocycles. The maximum Gasteiger partial charge on any atom is 0.121 e. The Morgan fingerprint density at radius 3 is 1.81 bits per heavy atom. The van der Waals surface area contributed by atoms with E-state index < -0.39 is 5.54 Å². The van der Waals surface area contributed by atoms with Gasteiger partial charge in [0.2, 0.25) is 0 Å². The highest BCUT2D eigenvalue weighted by Crippen LogP contribution is 2.43. The molecule has 3 nitrogen and oxygen atoms in total. The predicted octanol–water partition coefficient (Wildman–Crippen LogP) is 5.21. The molecule has 0 saturated heterocycles. The number of aryl methyl sites for hydroxylation is 1. The number of fused-ring (bicyclic) bond motifs is 1. The number of imidazole rings is 1. The summed E-state index contributed by atoms with van der Waals surface area (Å²) in [5, 5.41) is 9.56. The Bertz CT molecular complexity index is 1020. The van der Waals surface area contributed by atoms with Crippen LogP contribution in [-0.2, 0) is 18.4 Å². The molecule has 0 bridgehead atoms. The van der Waals surface area contributed by atoms with Crippen LogP contribution >= 0.6 is 0 Å². The van der Waals surface area contributed by atoms with Gasteiger partial charge < -0.3 is 9.67 Å². The van der Waals surface area contributed by atoms with E-state index in [9.17, 15) is 5.11 Å². The molecule has 0 aliphatic heterocycles. The summed E-state index contributed by atoms with van der Waals surface area (Å²) in [6.45, 7) is 0.245. The molecule has 0 radical (unpaired) electrons. The Labute approximate surface area is 184 Å². The molecule has 1 aliphatic rings. The first-order valence-corrected chi connectivity index (χ1v) is 11.2. The Morgan fingerprint density at radius 2 is 1.32 bits per heavy atom. The van der Waals surface area contributed by atoms with E-state index in [0.717, 1.165) is 25.7 Å². The summed E-state index contributed by atoms with van der Waals surface area (Å²) in [6.07, 6.45) is 5.91. The molecule has 1 unspecified atom stereocenters. The minimum atomic E-state index is -0.508. The number of benzene rings is 3. The van der Waals surface area contributed by atoms with Crippen molar-refractivity contribution < 1.29 is 5.11 Å². The van der Waals surface area contributed by atoms with Crippen molar-refractivity contribution in [2.45, 2.75) is 31.2 Å². The summed E-state index contributed by atoms with van der Waals surface area (Å²) >= 11 is 0. The molecule has 31 heavy (non-hydrogen) atoms. The van der Waals surface area contributed by atoms with Crippen molar-refractivity contribution in [2.24, 2.45) is 5.92 Å². The smallest absolute Gasteiger partial charge is 0.121 e. The van der Waals surface area contributed by atoms with Crippen molar-refractivity contribution in [1.29, 1.82) is 0 Å². The molecule has 1 aromatic heterocycles. The average Bonchev–Trinajstić information content (AvgIpc) is 3.26. The molecule has 0 saturated carbocycles. The van der Waals surface area contributed by atoms with E-state index >= 15 is 0 Å². The predicted molar refractivity (Wildman–Crippen MR) is 124 cm³/mol. The number of aliphatic hydroxyl groups is 1. The summed E-state index contributed by atoms with van der Waals surface area (Å²) < 4.78 is 2.41. The molecule has 5 rings (SSSR count). The molecule has 1 N–H and O–H groups in total. The lowest BCUT2D eigenvalue weighted by Crippen LogP contribution is -2.39. The van der Waals surface area contributed by atoms with Gasteiger partial charge >= 0.3 is 0 Å². The van der Waals surface area contributed by atoms with Crippen LogP contribution in [-0.4, -0.2) is 21.3 Å². The fourth-order valence-corrected chi connectivity index (χ4v) is 5.23. The molecule has 1 aliphatic carbocycles. The molecular weight excluding hydrogens is 380 g/mol. The molecule has 156 valence electrons. The molecule has 0 amide bonds. The zero-order chi connectivity index (χ0) is 21.1. The van der Waals surface area contributed by atoms with Gasteiger partial charge in [0.05, 0.1) is 12.0 Å². The van der Waals surface area contributed by atoms with Gasteiger partial charge in [-0.15, -0.1) is 0 Å². The molecule has 0 spiro atoms. The van der Waals surface area contributed by atoms with E-state index in [2.05, 4.69) is 95.6 Å². The van der Waals surface area contributed by atoms with Crippen molar-refractivity contribution in [1.82, 2.24) is 9.55 Å². The minimum absolute atomic E-state index is 0.245.